The molecular weight excluding hydrogens is 224 g/mol. The molecule has 0 amide bonds. The second-order valence-electron chi connectivity index (χ2n) is 7.95. The third kappa shape index (κ3) is 3.05. The molecule has 4 atom stereocenters. The Hall–Kier alpha value is -0.160. The van der Waals surface area contributed by atoms with Crippen molar-refractivity contribution in [1.82, 2.24) is 21.3 Å². The van der Waals surface area contributed by atoms with Gasteiger partial charge in [0, 0.05) is 25.2 Å². The van der Waals surface area contributed by atoms with Crippen LogP contribution in [-0.4, -0.2) is 37.5 Å². The molecule has 0 bridgehead atoms. The molecular formula is C14H30N4. The van der Waals surface area contributed by atoms with Crippen LogP contribution in [0.3, 0.4) is 0 Å². The summed E-state index contributed by atoms with van der Waals surface area (Å²) in [6.07, 6.45) is 0.786. The number of hydrogen-bond donors (Lipinski definition) is 4. The van der Waals surface area contributed by atoms with Crippen molar-refractivity contribution in [2.45, 2.75) is 66.0 Å². The van der Waals surface area contributed by atoms with Crippen molar-refractivity contribution >= 4 is 0 Å². The van der Waals surface area contributed by atoms with E-state index in [1.165, 1.54) is 0 Å². The zero-order chi connectivity index (χ0) is 13.6. The fourth-order valence-corrected chi connectivity index (χ4v) is 2.74. The van der Waals surface area contributed by atoms with Crippen LogP contribution < -0.4 is 21.3 Å². The van der Waals surface area contributed by atoms with E-state index < -0.39 is 0 Å². The lowest BCUT2D eigenvalue weighted by Crippen LogP contribution is -2.53. The van der Waals surface area contributed by atoms with Crippen LogP contribution in [0.2, 0.25) is 0 Å². The van der Waals surface area contributed by atoms with Crippen molar-refractivity contribution in [3.05, 3.63) is 0 Å². The summed E-state index contributed by atoms with van der Waals surface area (Å²) in [5, 5.41) is 14.6. The molecule has 0 spiro atoms. The highest BCUT2D eigenvalue weighted by molar-refractivity contribution is 5.00. The van der Waals surface area contributed by atoms with Gasteiger partial charge in [0.2, 0.25) is 0 Å². The van der Waals surface area contributed by atoms with Gasteiger partial charge in [-0.1, -0.05) is 41.5 Å². The first-order chi connectivity index (χ1) is 8.18. The molecule has 2 rings (SSSR count). The van der Waals surface area contributed by atoms with Crippen LogP contribution in [0.4, 0.5) is 0 Å². The molecule has 0 aromatic carbocycles. The molecule has 0 aromatic heterocycles. The molecule has 18 heavy (non-hydrogen) atoms. The molecule has 2 aliphatic rings. The summed E-state index contributed by atoms with van der Waals surface area (Å²) >= 11 is 0. The largest absolute Gasteiger partial charge is 0.300 e. The SMILES string of the molecule is CC(C)(C)C1CNC(C2CNC(C(C)(C)C)N2)N1. The van der Waals surface area contributed by atoms with E-state index in [2.05, 4.69) is 62.8 Å². The van der Waals surface area contributed by atoms with Crippen molar-refractivity contribution in [3.8, 4) is 0 Å². The first-order valence-electron chi connectivity index (χ1n) is 7.17. The average molecular weight is 254 g/mol. The molecule has 4 unspecified atom stereocenters. The highest BCUT2D eigenvalue weighted by Crippen LogP contribution is 2.24. The third-order valence-corrected chi connectivity index (χ3v) is 4.16. The topological polar surface area (TPSA) is 48.1 Å². The van der Waals surface area contributed by atoms with Crippen LogP contribution in [0.25, 0.3) is 0 Å². The summed E-state index contributed by atoms with van der Waals surface area (Å²) < 4.78 is 0. The second-order valence-corrected chi connectivity index (χ2v) is 7.95. The lowest BCUT2D eigenvalue weighted by Gasteiger charge is -2.30. The molecule has 2 saturated heterocycles. The van der Waals surface area contributed by atoms with Crippen molar-refractivity contribution in [3.63, 3.8) is 0 Å². The van der Waals surface area contributed by atoms with Gasteiger partial charge >= 0.3 is 0 Å². The van der Waals surface area contributed by atoms with E-state index >= 15 is 0 Å². The van der Waals surface area contributed by atoms with E-state index in [-0.39, 0.29) is 5.41 Å². The van der Waals surface area contributed by atoms with Gasteiger partial charge in [0.15, 0.2) is 0 Å². The quantitative estimate of drug-likeness (QED) is 0.560. The van der Waals surface area contributed by atoms with Crippen molar-refractivity contribution in [1.29, 1.82) is 0 Å². The molecule has 4 N–H and O–H groups in total. The number of nitrogens with one attached hydrogen (secondary N) is 4. The van der Waals surface area contributed by atoms with Gasteiger partial charge < -0.3 is 0 Å². The highest BCUT2D eigenvalue weighted by Gasteiger charge is 2.40. The lowest BCUT2D eigenvalue weighted by molar-refractivity contribution is 0.252. The second kappa shape index (κ2) is 4.75. The molecule has 0 saturated carbocycles. The number of hydrogen-bond acceptors (Lipinski definition) is 4. The maximum Gasteiger partial charge on any atom is 0.0746 e. The zero-order valence-electron chi connectivity index (χ0n) is 12.7. The van der Waals surface area contributed by atoms with Crippen LogP contribution in [0.15, 0.2) is 0 Å². The minimum absolute atomic E-state index is 0.261. The monoisotopic (exact) mass is 254 g/mol. The summed E-state index contributed by atoms with van der Waals surface area (Å²) in [6, 6.07) is 1.03. The van der Waals surface area contributed by atoms with Gasteiger partial charge in [-0.25, -0.2) is 0 Å². The minimum Gasteiger partial charge on any atom is -0.300 e. The molecule has 0 radical (unpaired) electrons. The van der Waals surface area contributed by atoms with Crippen LogP contribution in [-0.2, 0) is 0 Å². The maximum atomic E-state index is 3.73. The molecule has 2 aliphatic heterocycles. The summed E-state index contributed by atoms with van der Waals surface area (Å²) in [4.78, 5) is 0. The van der Waals surface area contributed by atoms with Gasteiger partial charge in [0.05, 0.1) is 12.3 Å². The van der Waals surface area contributed by atoms with E-state index in [4.69, 9.17) is 0 Å². The van der Waals surface area contributed by atoms with E-state index in [1.54, 1.807) is 0 Å². The van der Waals surface area contributed by atoms with Crippen molar-refractivity contribution in [2.75, 3.05) is 13.1 Å². The molecule has 2 heterocycles. The third-order valence-electron chi connectivity index (χ3n) is 4.16. The number of rotatable bonds is 1. The molecule has 106 valence electrons. The molecule has 4 heteroatoms. The Morgan fingerprint density at radius 3 is 1.89 bits per heavy atom. The Bertz CT molecular complexity index is 259. The fourth-order valence-electron chi connectivity index (χ4n) is 2.74. The van der Waals surface area contributed by atoms with Gasteiger partial charge in [0.1, 0.15) is 0 Å². The lowest BCUT2D eigenvalue weighted by atomic mass is 9.87. The Morgan fingerprint density at radius 1 is 0.778 bits per heavy atom. The molecule has 2 fully saturated rings. The Balaban J connectivity index is 1.89. The van der Waals surface area contributed by atoms with Gasteiger partial charge in [-0.05, 0) is 10.8 Å². The summed E-state index contributed by atoms with van der Waals surface area (Å²) in [6.45, 7) is 15.8. The molecule has 0 aliphatic carbocycles. The predicted octanol–water partition coefficient (Wildman–Crippen LogP) is 0.854. The molecule has 0 aromatic rings. The average Bonchev–Trinajstić information content (AvgIpc) is 2.84. The smallest absolute Gasteiger partial charge is 0.0746 e. The summed E-state index contributed by atoms with van der Waals surface area (Å²) in [5.41, 5.74) is 0.577. The normalized spacial score (nSPS) is 38.3. The minimum atomic E-state index is 0.261. The zero-order valence-corrected chi connectivity index (χ0v) is 12.7. The fraction of sp³-hybridized carbons (Fsp3) is 1.00. The summed E-state index contributed by atoms with van der Waals surface area (Å²) in [5.74, 6) is 0. The van der Waals surface area contributed by atoms with Gasteiger partial charge in [0.25, 0.3) is 0 Å². The standard InChI is InChI=1S/C14H30N4/c1-13(2,3)10-8-15-11(18-10)9-7-16-12(17-9)14(4,5)6/h9-12,15-18H,7-8H2,1-6H3. The van der Waals surface area contributed by atoms with Gasteiger partial charge in [-0.3, -0.25) is 21.3 Å². The first kappa shape index (κ1) is 14.3. The van der Waals surface area contributed by atoms with E-state index in [1.807, 2.05) is 0 Å². The van der Waals surface area contributed by atoms with E-state index in [0.717, 1.165) is 13.1 Å². The van der Waals surface area contributed by atoms with E-state index in [9.17, 15) is 0 Å². The van der Waals surface area contributed by atoms with Crippen LogP contribution in [0, 0.1) is 10.8 Å². The summed E-state index contributed by atoms with van der Waals surface area (Å²) in [7, 11) is 0. The first-order valence-corrected chi connectivity index (χ1v) is 7.17. The van der Waals surface area contributed by atoms with Crippen LogP contribution in [0.5, 0.6) is 0 Å². The predicted molar refractivity (Wildman–Crippen MR) is 76.3 cm³/mol. The Morgan fingerprint density at radius 2 is 1.44 bits per heavy atom. The van der Waals surface area contributed by atoms with Crippen LogP contribution >= 0.6 is 0 Å². The van der Waals surface area contributed by atoms with Gasteiger partial charge in [-0.2, -0.15) is 0 Å². The van der Waals surface area contributed by atoms with Crippen molar-refractivity contribution < 1.29 is 0 Å². The Kier molecular flexibility index (Phi) is 3.76. The van der Waals surface area contributed by atoms with Crippen LogP contribution in [0.1, 0.15) is 41.5 Å². The van der Waals surface area contributed by atoms with E-state index in [0.29, 0.717) is 29.8 Å². The van der Waals surface area contributed by atoms with Gasteiger partial charge in [-0.15, -0.1) is 0 Å². The van der Waals surface area contributed by atoms with Crippen molar-refractivity contribution in [2.24, 2.45) is 10.8 Å². The maximum absolute atomic E-state index is 3.73. The highest BCUT2D eigenvalue weighted by atomic mass is 15.3. The molecule has 4 nitrogen and oxygen atoms in total. The Labute approximate surface area is 112 Å².